The molecular weight excluding hydrogens is 264 g/mol. The normalized spacial score (nSPS) is 14.0. The molecule has 5 heteroatoms. The first kappa shape index (κ1) is 17.6. The third-order valence-corrected chi connectivity index (χ3v) is 3.84. The van der Waals surface area contributed by atoms with Crippen molar-refractivity contribution in [3.8, 4) is 0 Å². The standard InChI is InChI=1S/C16H28N4O/c1-5-13(17)16(14-10-8-9-11-18-14)19(4)12-15(21)20(6-2)7-3/h8-11,13,16H,5-7,12,17H2,1-4H3. The minimum Gasteiger partial charge on any atom is -0.342 e. The summed E-state index contributed by atoms with van der Waals surface area (Å²) in [7, 11) is 1.94. The first-order chi connectivity index (χ1) is 10.0. The number of nitrogens with zero attached hydrogens (tertiary/aromatic N) is 3. The van der Waals surface area contributed by atoms with E-state index < -0.39 is 0 Å². The average molecular weight is 292 g/mol. The second kappa shape index (κ2) is 8.74. The van der Waals surface area contributed by atoms with Gasteiger partial charge < -0.3 is 10.6 Å². The predicted molar refractivity (Wildman–Crippen MR) is 85.8 cm³/mol. The fraction of sp³-hybridized carbons (Fsp3) is 0.625. The van der Waals surface area contributed by atoms with Gasteiger partial charge in [0.2, 0.25) is 5.91 Å². The van der Waals surface area contributed by atoms with Gasteiger partial charge in [-0.25, -0.2) is 0 Å². The molecule has 0 saturated carbocycles. The van der Waals surface area contributed by atoms with Crippen LogP contribution < -0.4 is 5.73 Å². The van der Waals surface area contributed by atoms with Crippen molar-refractivity contribution < 1.29 is 4.79 Å². The lowest BCUT2D eigenvalue weighted by atomic mass is 10.0. The Morgan fingerprint density at radius 3 is 2.43 bits per heavy atom. The highest BCUT2D eigenvalue weighted by atomic mass is 16.2. The summed E-state index contributed by atoms with van der Waals surface area (Å²) in [5.74, 6) is 0.131. The topological polar surface area (TPSA) is 62.5 Å². The van der Waals surface area contributed by atoms with Crippen molar-refractivity contribution in [2.75, 3.05) is 26.7 Å². The van der Waals surface area contributed by atoms with E-state index in [0.29, 0.717) is 6.54 Å². The fourth-order valence-electron chi connectivity index (χ4n) is 2.53. The summed E-state index contributed by atoms with van der Waals surface area (Å²) in [6.45, 7) is 7.87. The Hall–Kier alpha value is -1.46. The van der Waals surface area contributed by atoms with Gasteiger partial charge in [-0.05, 0) is 39.4 Å². The van der Waals surface area contributed by atoms with Gasteiger partial charge in [-0.15, -0.1) is 0 Å². The number of pyridine rings is 1. The molecule has 1 aromatic rings. The largest absolute Gasteiger partial charge is 0.342 e. The molecule has 0 radical (unpaired) electrons. The Labute approximate surface area is 128 Å². The second-order valence-corrected chi connectivity index (χ2v) is 5.25. The van der Waals surface area contributed by atoms with Crippen molar-refractivity contribution in [2.45, 2.75) is 39.3 Å². The Balaban J connectivity index is 2.87. The molecule has 1 amide bonds. The number of likely N-dealkylation sites (N-methyl/N-ethyl adjacent to an activating group) is 2. The van der Waals surface area contributed by atoms with E-state index in [1.807, 2.05) is 48.9 Å². The Kier molecular flexibility index (Phi) is 7.32. The van der Waals surface area contributed by atoms with E-state index >= 15 is 0 Å². The summed E-state index contributed by atoms with van der Waals surface area (Å²) < 4.78 is 0. The summed E-state index contributed by atoms with van der Waals surface area (Å²) in [6.07, 6.45) is 2.61. The van der Waals surface area contributed by atoms with E-state index in [4.69, 9.17) is 5.73 Å². The van der Waals surface area contributed by atoms with Crippen LogP contribution in [0.2, 0.25) is 0 Å². The number of aromatic nitrogens is 1. The lowest BCUT2D eigenvalue weighted by Gasteiger charge is -2.32. The quantitative estimate of drug-likeness (QED) is 0.791. The maximum atomic E-state index is 12.3. The van der Waals surface area contributed by atoms with E-state index in [9.17, 15) is 4.79 Å². The van der Waals surface area contributed by atoms with E-state index in [1.165, 1.54) is 0 Å². The summed E-state index contributed by atoms with van der Waals surface area (Å²) in [4.78, 5) is 20.5. The second-order valence-electron chi connectivity index (χ2n) is 5.25. The summed E-state index contributed by atoms with van der Waals surface area (Å²) in [6, 6.07) is 5.72. The fourth-order valence-corrected chi connectivity index (χ4v) is 2.53. The van der Waals surface area contributed by atoms with Crippen LogP contribution >= 0.6 is 0 Å². The molecule has 1 aromatic heterocycles. The molecule has 5 nitrogen and oxygen atoms in total. The first-order valence-corrected chi connectivity index (χ1v) is 7.69. The van der Waals surface area contributed by atoms with Crippen LogP contribution in [0.4, 0.5) is 0 Å². The number of hydrogen-bond donors (Lipinski definition) is 1. The molecule has 0 aromatic carbocycles. The molecule has 0 spiro atoms. The Morgan fingerprint density at radius 2 is 1.95 bits per heavy atom. The zero-order chi connectivity index (χ0) is 15.8. The highest BCUT2D eigenvalue weighted by molar-refractivity contribution is 5.78. The van der Waals surface area contributed by atoms with Crippen molar-refractivity contribution in [1.82, 2.24) is 14.8 Å². The minimum atomic E-state index is -0.0468. The monoisotopic (exact) mass is 292 g/mol. The van der Waals surface area contributed by atoms with E-state index in [0.717, 1.165) is 25.2 Å². The number of amides is 1. The highest BCUT2D eigenvalue weighted by Gasteiger charge is 2.26. The summed E-state index contributed by atoms with van der Waals surface area (Å²) in [5, 5.41) is 0. The van der Waals surface area contributed by atoms with Gasteiger partial charge in [0, 0.05) is 25.3 Å². The number of carbonyl (C=O) groups excluding carboxylic acids is 1. The molecule has 0 aliphatic rings. The molecule has 21 heavy (non-hydrogen) atoms. The van der Waals surface area contributed by atoms with Gasteiger partial charge in [-0.2, -0.15) is 0 Å². The van der Waals surface area contributed by atoms with E-state index in [1.54, 1.807) is 6.20 Å². The van der Waals surface area contributed by atoms with E-state index in [2.05, 4.69) is 11.9 Å². The zero-order valence-electron chi connectivity index (χ0n) is 13.6. The van der Waals surface area contributed by atoms with E-state index in [-0.39, 0.29) is 18.0 Å². The van der Waals surface area contributed by atoms with Crippen molar-refractivity contribution in [3.05, 3.63) is 30.1 Å². The summed E-state index contributed by atoms with van der Waals surface area (Å²) >= 11 is 0. The van der Waals surface area contributed by atoms with Crippen molar-refractivity contribution >= 4 is 5.91 Å². The molecule has 0 saturated heterocycles. The van der Waals surface area contributed by atoms with Gasteiger partial charge >= 0.3 is 0 Å². The first-order valence-electron chi connectivity index (χ1n) is 7.69. The number of hydrogen-bond acceptors (Lipinski definition) is 4. The van der Waals surface area contributed by atoms with Gasteiger partial charge in [0.1, 0.15) is 0 Å². The van der Waals surface area contributed by atoms with Gasteiger partial charge in [0.15, 0.2) is 0 Å². The van der Waals surface area contributed by atoms with Crippen molar-refractivity contribution in [1.29, 1.82) is 0 Å². The molecule has 2 N–H and O–H groups in total. The van der Waals surface area contributed by atoms with Crippen LogP contribution in [0, 0.1) is 0 Å². The SMILES string of the molecule is CCC(N)C(c1ccccn1)N(C)CC(=O)N(CC)CC. The van der Waals surface area contributed by atoms with Crippen LogP contribution in [-0.2, 0) is 4.79 Å². The maximum Gasteiger partial charge on any atom is 0.236 e. The average Bonchev–Trinajstić information content (AvgIpc) is 2.49. The van der Waals surface area contributed by atoms with Crippen LogP contribution in [0.15, 0.2) is 24.4 Å². The lowest BCUT2D eigenvalue weighted by Crippen LogP contribution is -2.45. The highest BCUT2D eigenvalue weighted by Crippen LogP contribution is 2.21. The van der Waals surface area contributed by atoms with Crippen LogP contribution in [0.25, 0.3) is 0 Å². The van der Waals surface area contributed by atoms with Crippen LogP contribution in [0.3, 0.4) is 0 Å². The predicted octanol–water partition coefficient (Wildman–Crippen LogP) is 1.66. The van der Waals surface area contributed by atoms with Crippen molar-refractivity contribution in [2.24, 2.45) is 5.73 Å². The molecule has 0 aliphatic heterocycles. The van der Waals surface area contributed by atoms with Gasteiger partial charge in [-0.1, -0.05) is 13.0 Å². The Bertz CT molecular complexity index is 420. The van der Waals surface area contributed by atoms with Crippen LogP contribution in [0.5, 0.6) is 0 Å². The molecule has 0 fully saturated rings. The number of carbonyl (C=O) groups is 1. The third-order valence-electron chi connectivity index (χ3n) is 3.84. The number of nitrogens with two attached hydrogens (primary N) is 1. The number of rotatable bonds is 8. The van der Waals surface area contributed by atoms with Gasteiger partial charge in [0.25, 0.3) is 0 Å². The van der Waals surface area contributed by atoms with Crippen LogP contribution in [0.1, 0.15) is 38.9 Å². The third kappa shape index (κ3) is 4.79. The minimum absolute atomic E-state index is 0.0456. The van der Waals surface area contributed by atoms with Gasteiger partial charge in [0.05, 0.1) is 18.3 Å². The molecule has 118 valence electrons. The Morgan fingerprint density at radius 1 is 1.29 bits per heavy atom. The smallest absolute Gasteiger partial charge is 0.236 e. The van der Waals surface area contributed by atoms with Gasteiger partial charge in [-0.3, -0.25) is 14.7 Å². The molecular formula is C16H28N4O. The molecule has 1 rings (SSSR count). The maximum absolute atomic E-state index is 12.3. The molecule has 1 heterocycles. The summed E-state index contributed by atoms with van der Waals surface area (Å²) in [5.41, 5.74) is 7.18. The zero-order valence-corrected chi connectivity index (χ0v) is 13.6. The lowest BCUT2D eigenvalue weighted by molar-refractivity contribution is -0.132. The molecule has 2 atom stereocenters. The molecule has 2 unspecified atom stereocenters. The van der Waals surface area contributed by atoms with Crippen molar-refractivity contribution in [3.63, 3.8) is 0 Å². The van der Waals surface area contributed by atoms with Crippen LogP contribution in [-0.4, -0.2) is 53.4 Å². The molecule has 0 bridgehead atoms. The molecule has 0 aliphatic carbocycles.